The summed E-state index contributed by atoms with van der Waals surface area (Å²) in [6.45, 7) is -0.563. The molecular formula is C13H9ClF3N3O3. The first-order chi connectivity index (χ1) is 10.7. The lowest BCUT2D eigenvalue weighted by Crippen LogP contribution is -2.21. The molecule has 0 unspecified atom stereocenters. The SMILES string of the molecule is O=C(O)Cn1nccc1C(=O)Nc1cc(C(F)(F)F)ccc1Cl. The first-order valence-corrected chi connectivity index (χ1v) is 6.48. The van der Waals surface area contributed by atoms with Crippen molar-refractivity contribution in [1.29, 1.82) is 0 Å². The number of aliphatic carboxylic acids is 1. The molecule has 0 radical (unpaired) electrons. The molecular weight excluding hydrogens is 339 g/mol. The summed E-state index contributed by atoms with van der Waals surface area (Å²) in [6, 6.07) is 3.72. The van der Waals surface area contributed by atoms with Crippen LogP contribution in [0.1, 0.15) is 16.1 Å². The summed E-state index contributed by atoms with van der Waals surface area (Å²) in [5.74, 6) is -2.05. The molecule has 2 rings (SSSR count). The van der Waals surface area contributed by atoms with Crippen LogP contribution >= 0.6 is 11.6 Å². The fourth-order valence-corrected chi connectivity index (χ4v) is 1.93. The Labute approximate surface area is 132 Å². The lowest BCUT2D eigenvalue weighted by molar-refractivity contribution is -0.138. The van der Waals surface area contributed by atoms with Crippen molar-refractivity contribution in [3.8, 4) is 0 Å². The van der Waals surface area contributed by atoms with E-state index in [1.165, 1.54) is 12.3 Å². The van der Waals surface area contributed by atoms with Crippen LogP contribution in [-0.2, 0) is 17.5 Å². The number of carbonyl (C=O) groups excluding carboxylic acids is 1. The molecule has 0 atom stereocenters. The van der Waals surface area contributed by atoms with Gasteiger partial charge in [0.05, 0.1) is 16.3 Å². The van der Waals surface area contributed by atoms with Crippen LogP contribution < -0.4 is 5.32 Å². The Morgan fingerprint density at radius 1 is 1.30 bits per heavy atom. The molecule has 0 aliphatic carbocycles. The number of hydrogen-bond donors (Lipinski definition) is 2. The summed E-state index contributed by atoms with van der Waals surface area (Å²) in [5, 5.41) is 14.5. The summed E-state index contributed by atoms with van der Waals surface area (Å²) in [4.78, 5) is 22.8. The molecule has 0 aliphatic heterocycles. The quantitative estimate of drug-likeness (QED) is 0.890. The molecule has 0 saturated carbocycles. The van der Waals surface area contributed by atoms with Gasteiger partial charge in [0, 0.05) is 6.20 Å². The number of carboxylic acid groups (broad SMARTS) is 1. The summed E-state index contributed by atoms with van der Waals surface area (Å²) >= 11 is 5.78. The zero-order valence-corrected chi connectivity index (χ0v) is 12.0. The number of carboxylic acids is 1. The number of anilines is 1. The Morgan fingerprint density at radius 2 is 2.00 bits per heavy atom. The van der Waals surface area contributed by atoms with Gasteiger partial charge in [-0.3, -0.25) is 9.59 Å². The van der Waals surface area contributed by atoms with E-state index < -0.39 is 30.2 Å². The van der Waals surface area contributed by atoms with Crippen LogP contribution in [-0.4, -0.2) is 26.8 Å². The number of halogens is 4. The molecule has 6 nitrogen and oxygen atoms in total. The average molecular weight is 348 g/mol. The number of nitrogens with zero attached hydrogens (tertiary/aromatic N) is 2. The van der Waals surface area contributed by atoms with E-state index in [1.54, 1.807) is 0 Å². The van der Waals surface area contributed by atoms with E-state index >= 15 is 0 Å². The van der Waals surface area contributed by atoms with Gasteiger partial charge in [-0.2, -0.15) is 18.3 Å². The summed E-state index contributed by atoms with van der Waals surface area (Å²) in [6.07, 6.45) is -3.39. The maximum atomic E-state index is 12.7. The van der Waals surface area contributed by atoms with E-state index in [4.69, 9.17) is 16.7 Å². The van der Waals surface area contributed by atoms with Crippen molar-refractivity contribution in [2.24, 2.45) is 0 Å². The van der Waals surface area contributed by atoms with E-state index in [9.17, 15) is 22.8 Å². The number of benzene rings is 1. The Bertz CT molecular complexity index is 758. The van der Waals surface area contributed by atoms with Crippen molar-refractivity contribution in [3.05, 3.63) is 46.7 Å². The van der Waals surface area contributed by atoms with Crippen LogP contribution in [0.3, 0.4) is 0 Å². The predicted octanol–water partition coefficient (Wildman–Crippen LogP) is 2.89. The topological polar surface area (TPSA) is 84.2 Å². The van der Waals surface area contributed by atoms with E-state index in [-0.39, 0.29) is 16.4 Å². The largest absolute Gasteiger partial charge is 0.480 e. The van der Waals surface area contributed by atoms with Gasteiger partial charge < -0.3 is 10.4 Å². The molecule has 2 N–H and O–H groups in total. The minimum absolute atomic E-state index is 0.0874. The minimum Gasteiger partial charge on any atom is -0.480 e. The molecule has 0 fully saturated rings. The fraction of sp³-hybridized carbons (Fsp3) is 0.154. The number of amides is 1. The second-order valence-corrected chi connectivity index (χ2v) is 4.82. The van der Waals surface area contributed by atoms with Crippen LogP contribution in [0.15, 0.2) is 30.5 Å². The second-order valence-electron chi connectivity index (χ2n) is 4.41. The summed E-state index contributed by atoms with van der Waals surface area (Å²) < 4.78 is 39.0. The molecule has 1 heterocycles. The molecule has 0 aliphatic rings. The van der Waals surface area contributed by atoms with E-state index in [0.29, 0.717) is 6.07 Å². The molecule has 1 aromatic heterocycles. The molecule has 0 spiro atoms. The highest BCUT2D eigenvalue weighted by atomic mass is 35.5. The van der Waals surface area contributed by atoms with E-state index in [0.717, 1.165) is 16.8 Å². The molecule has 10 heteroatoms. The summed E-state index contributed by atoms with van der Waals surface area (Å²) in [5.41, 5.74) is -1.34. The van der Waals surface area contributed by atoms with Crippen LogP contribution in [0.4, 0.5) is 18.9 Å². The van der Waals surface area contributed by atoms with Gasteiger partial charge in [0.2, 0.25) is 0 Å². The Morgan fingerprint density at radius 3 is 2.61 bits per heavy atom. The van der Waals surface area contributed by atoms with E-state index in [1.807, 2.05) is 0 Å². The normalized spacial score (nSPS) is 11.3. The molecule has 0 saturated heterocycles. The maximum absolute atomic E-state index is 12.7. The Kier molecular flexibility index (Phi) is 4.60. The van der Waals surface area contributed by atoms with Gasteiger partial charge in [-0.15, -0.1) is 0 Å². The predicted molar refractivity (Wildman–Crippen MR) is 74.3 cm³/mol. The Hall–Kier alpha value is -2.55. The fourth-order valence-electron chi connectivity index (χ4n) is 1.76. The van der Waals surface area contributed by atoms with Crippen molar-refractivity contribution >= 4 is 29.2 Å². The standard InChI is InChI=1S/C13H9ClF3N3O3/c14-8-2-1-7(13(15,16)17)5-9(8)19-12(23)10-3-4-18-20(10)6-11(21)22/h1-5H,6H2,(H,19,23)(H,21,22). The average Bonchev–Trinajstić information content (AvgIpc) is 2.87. The highest BCUT2D eigenvalue weighted by Gasteiger charge is 2.31. The monoisotopic (exact) mass is 347 g/mol. The van der Waals surface area contributed by atoms with Crippen molar-refractivity contribution in [3.63, 3.8) is 0 Å². The third-order valence-electron chi connectivity index (χ3n) is 2.78. The van der Waals surface area contributed by atoms with Gasteiger partial charge >= 0.3 is 12.1 Å². The van der Waals surface area contributed by atoms with Crippen LogP contribution in [0.25, 0.3) is 0 Å². The van der Waals surface area contributed by atoms with E-state index in [2.05, 4.69) is 10.4 Å². The van der Waals surface area contributed by atoms with Crippen LogP contribution in [0.2, 0.25) is 5.02 Å². The summed E-state index contributed by atoms with van der Waals surface area (Å²) in [7, 11) is 0. The lowest BCUT2D eigenvalue weighted by Gasteiger charge is -2.12. The number of rotatable bonds is 4. The number of carbonyl (C=O) groups is 2. The van der Waals surface area contributed by atoms with Gasteiger partial charge in [0.25, 0.3) is 5.91 Å². The molecule has 1 amide bonds. The van der Waals surface area contributed by atoms with Crippen molar-refractivity contribution in [2.75, 3.05) is 5.32 Å². The zero-order chi connectivity index (χ0) is 17.2. The highest BCUT2D eigenvalue weighted by molar-refractivity contribution is 6.33. The van der Waals surface area contributed by atoms with Crippen LogP contribution in [0.5, 0.6) is 0 Å². The molecule has 0 bridgehead atoms. The van der Waals surface area contributed by atoms with Gasteiger partial charge in [-0.25, -0.2) is 4.68 Å². The van der Waals surface area contributed by atoms with Crippen molar-refractivity contribution in [1.82, 2.24) is 9.78 Å². The first kappa shape index (κ1) is 16.8. The third-order valence-corrected chi connectivity index (χ3v) is 3.11. The first-order valence-electron chi connectivity index (χ1n) is 6.10. The number of alkyl halides is 3. The smallest absolute Gasteiger partial charge is 0.416 e. The zero-order valence-electron chi connectivity index (χ0n) is 11.3. The van der Waals surface area contributed by atoms with Gasteiger partial charge in [-0.1, -0.05) is 11.6 Å². The maximum Gasteiger partial charge on any atom is 0.416 e. The van der Waals surface area contributed by atoms with Crippen molar-refractivity contribution < 1.29 is 27.9 Å². The van der Waals surface area contributed by atoms with Crippen LogP contribution in [0, 0.1) is 0 Å². The molecule has 23 heavy (non-hydrogen) atoms. The highest BCUT2D eigenvalue weighted by Crippen LogP contribution is 2.33. The second kappa shape index (κ2) is 6.29. The molecule has 1 aromatic carbocycles. The molecule has 122 valence electrons. The van der Waals surface area contributed by atoms with Gasteiger partial charge in [0.15, 0.2) is 0 Å². The number of nitrogens with one attached hydrogen (secondary N) is 1. The Balaban J connectivity index is 2.27. The molecule has 2 aromatic rings. The lowest BCUT2D eigenvalue weighted by atomic mass is 10.2. The van der Waals surface area contributed by atoms with Crippen molar-refractivity contribution in [2.45, 2.75) is 12.7 Å². The number of hydrogen-bond acceptors (Lipinski definition) is 3. The minimum atomic E-state index is -4.59. The third kappa shape index (κ3) is 4.01. The van der Waals surface area contributed by atoms with Gasteiger partial charge in [-0.05, 0) is 24.3 Å². The van der Waals surface area contributed by atoms with Gasteiger partial charge in [0.1, 0.15) is 12.2 Å². The number of aromatic nitrogens is 2.